The minimum absolute atomic E-state index is 0.494. The van der Waals surface area contributed by atoms with Gasteiger partial charge in [0, 0.05) is 11.8 Å². The van der Waals surface area contributed by atoms with Crippen LogP contribution in [-0.4, -0.2) is 31.2 Å². The van der Waals surface area contributed by atoms with Crippen molar-refractivity contribution in [3.63, 3.8) is 0 Å². The highest BCUT2D eigenvalue weighted by Gasteiger charge is 2.15. The first-order chi connectivity index (χ1) is 7.24. The monoisotopic (exact) mass is 229 g/mol. The number of ether oxygens (including phenoxy) is 1. The molecule has 2 nitrogen and oxygen atoms in total. The van der Waals surface area contributed by atoms with Crippen molar-refractivity contribution < 1.29 is 4.74 Å². The fourth-order valence-electron chi connectivity index (χ4n) is 1.64. The summed E-state index contributed by atoms with van der Waals surface area (Å²) >= 11 is 2.03. The molecular formula is C12H23NOS. The summed E-state index contributed by atoms with van der Waals surface area (Å²) in [6, 6.07) is 0.494. The predicted molar refractivity (Wildman–Crippen MR) is 68.3 cm³/mol. The van der Waals surface area contributed by atoms with Crippen LogP contribution in [0.3, 0.4) is 0 Å². The first kappa shape index (κ1) is 12.9. The van der Waals surface area contributed by atoms with Gasteiger partial charge < -0.3 is 10.1 Å². The van der Waals surface area contributed by atoms with Crippen LogP contribution in [0.5, 0.6) is 0 Å². The zero-order valence-corrected chi connectivity index (χ0v) is 10.9. The molecule has 1 aliphatic heterocycles. The van der Waals surface area contributed by atoms with Crippen molar-refractivity contribution in [1.82, 2.24) is 5.32 Å². The van der Waals surface area contributed by atoms with Crippen molar-refractivity contribution in [3.05, 3.63) is 11.8 Å². The first-order valence-electron chi connectivity index (χ1n) is 5.79. The van der Waals surface area contributed by atoms with E-state index in [1.807, 2.05) is 25.1 Å². The van der Waals surface area contributed by atoms with Gasteiger partial charge in [-0.25, -0.2) is 0 Å². The number of nitrogens with one attached hydrogen (secondary N) is 1. The molecule has 0 aliphatic carbocycles. The van der Waals surface area contributed by atoms with Crippen LogP contribution in [0, 0.1) is 5.92 Å². The van der Waals surface area contributed by atoms with Crippen LogP contribution in [0.1, 0.15) is 26.7 Å². The van der Waals surface area contributed by atoms with E-state index in [1.54, 1.807) is 0 Å². The van der Waals surface area contributed by atoms with Gasteiger partial charge in [0.15, 0.2) is 0 Å². The largest absolute Gasteiger partial charge is 0.501 e. The van der Waals surface area contributed by atoms with Gasteiger partial charge in [-0.3, -0.25) is 0 Å². The third kappa shape index (κ3) is 4.94. The van der Waals surface area contributed by atoms with E-state index in [4.69, 9.17) is 4.74 Å². The Kier molecular flexibility index (Phi) is 6.18. The Labute approximate surface area is 97.8 Å². The van der Waals surface area contributed by atoms with Crippen molar-refractivity contribution in [2.24, 2.45) is 5.92 Å². The summed E-state index contributed by atoms with van der Waals surface area (Å²) in [6.07, 6.45) is 4.31. The molecule has 0 aromatic heterocycles. The minimum Gasteiger partial charge on any atom is -0.501 e. The maximum Gasteiger partial charge on any atom is 0.0876 e. The van der Waals surface area contributed by atoms with E-state index >= 15 is 0 Å². The van der Waals surface area contributed by atoms with Crippen LogP contribution >= 0.6 is 11.8 Å². The van der Waals surface area contributed by atoms with E-state index < -0.39 is 0 Å². The summed E-state index contributed by atoms with van der Waals surface area (Å²) in [5.74, 6) is 3.18. The van der Waals surface area contributed by atoms with Crippen LogP contribution in [0.15, 0.2) is 11.8 Å². The van der Waals surface area contributed by atoms with E-state index in [0.29, 0.717) is 6.04 Å². The van der Waals surface area contributed by atoms with Gasteiger partial charge in [0.25, 0.3) is 0 Å². The SMILES string of the molecule is CNC(CSCC(C)C)C1=COCCC1. The number of thioether (sulfide) groups is 1. The summed E-state index contributed by atoms with van der Waals surface area (Å²) in [7, 11) is 2.04. The van der Waals surface area contributed by atoms with Gasteiger partial charge in [-0.1, -0.05) is 13.8 Å². The van der Waals surface area contributed by atoms with Crippen molar-refractivity contribution in [2.75, 3.05) is 25.2 Å². The second-order valence-electron chi connectivity index (χ2n) is 4.44. The average molecular weight is 229 g/mol. The molecule has 0 radical (unpaired) electrons. The zero-order chi connectivity index (χ0) is 11.1. The highest BCUT2D eigenvalue weighted by molar-refractivity contribution is 7.99. The smallest absolute Gasteiger partial charge is 0.0876 e. The summed E-state index contributed by atoms with van der Waals surface area (Å²) in [6.45, 7) is 5.42. The second-order valence-corrected chi connectivity index (χ2v) is 5.51. The van der Waals surface area contributed by atoms with Crippen LogP contribution < -0.4 is 5.32 Å². The number of hydrogen-bond acceptors (Lipinski definition) is 3. The van der Waals surface area contributed by atoms with Gasteiger partial charge in [-0.2, -0.15) is 11.8 Å². The number of rotatable bonds is 6. The highest BCUT2D eigenvalue weighted by atomic mass is 32.2. The Balaban J connectivity index is 2.31. The Hall–Kier alpha value is -0.150. The lowest BCUT2D eigenvalue weighted by Crippen LogP contribution is -2.31. The Morgan fingerprint density at radius 3 is 2.80 bits per heavy atom. The highest BCUT2D eigenvalue weighted by Crippen LogP contribution is 2.19. The van der Waals surface area contributed by atoms with Gasteiger partial charge in [-0.15, -0.1) is 0 Å². The average Bonchev–Trinajstić information content (AvgIpc) is 2.25. The molecule has 3 heteroatoms. The van der Waals surface area contributed by atoms with Crippen molar-refractivity contribution >= 4 is 11.8 Å². The molecule has 0 aromatic rings. The van der Waals surface area contributed by atoms with Crippen molar-refractivity contribution in [1.29, 1.82) is 0 Å². The van der Waals surface area contributed by atoms with Crippen LogP contribution in [0.2, 0.25) is 0 Å². The van der Waals surface area contributed by atoms with E-state index in [2.05, 4.69) is 19.2 Å². The molecule has 1 unspecified atom stereocenters. The van der Waals surface area contributed by atoms with Crippen LogP contribution in [-0.2, 0) is 4.74 Å². The second kappa shape index (κ2) is 7.18. The number of hydrogen-bond donors (Lipinski definition) is 1. The molecule has 0 amide bonds. The van der Waals surface area contributed by atoms with Gasteiger partial charge in [0.1, 0.15) is 0 Å². The van der Waals surface area contributed by atoms with Crippen molar-refractivity contribution in [2.45, 2.75) is 32.7 Å². The van der Waals surface area contributed by atoms with Crippen LogP contribution in [0.25, 0.3) is 0 Å². The maximum atomic E-state index is 5.38. The molecule has 0 saturated heterocycles. The first-order valence-corrected chi connectivity index (χ1v) is 6.95. The third-order valence-corrected chi connectivity index (χ3v) is 3.97. The molecule has 0 spiro atoms. The quantitative estimate of drug-likeness (QED) is 0.756. The summed E-state index contributed by atoms with van der Waals surface area (Å²) in [5.41, 5.74) is 1.43. The molecule has 1 aliphatic rings. The molecular weight excluding hydrogens is 206 g/mol. The fraction of sp³-hybridized carbons (Fsp3) is 0.833. The van der Waals surface area contributed by atoms with E-state index in [0.717, 1.165) is 18.3 Å². The van der Waals surface area contributed by atoms with Crippen molar-refractivity contribution in [3.8, 4) is 0 Å². The zero-order valence-electron chi connectivity index (χ0n) is 10.1. The molecule has 1 heterocycles. The lowest BCUT2D eigenvalue weighted by atomic mass is 10.0. The Morgan fingerprint density at radius 2 is 2.27 bits per heavy atom. The summed E-state index contributed by atoms with van der Waals surface area (Å²) < 4.78 is 5.38. The third-order valence-electron chi connectivity index (χ3n) is 2.49. The molecule has 15 heavy (non-hydrogen) atoms. The van der Waals surface area contributed by atoms with E-state index in [-0.39, 0.29) is 0 Å². The van der Waals surface area contributed by atoms with Crippen LogP contribution in [0.4, 0.5) is 0 Å². The van der Waals surface area contributed by atoms with Gasteiger partial charge in [0.2, 0.25) is 0 Å². The van der Waals surface area contributed by atoms with Gasteiger partial charge in [-0.05, 0) is 37.1 Å². The maximum absolute atomic E-state index is 5.38. The topological polar surface area (TPSA) is 21.3 Å². The lowest BCUT2D eigenvalue weighted by molar-refractivity contribution is 0.221. The standard InChI is InChI=1S/C12H23NOS/c1-10(2)8-15-9-12(13-3)11-5-4-6-14-7-11/h7,10,12-13H,4-6,8-9H2,1-3H3. The van der Waals surface area contributed by atoms with Gasteiger partial charge >= 0.3 is 0 Å². The van der Waals surface area contributed by atoms with E-state index in [9.17, 15) is 0 Å². The van der Waals surface area contributed by atoms with Gasteiger partial charge in [0.05, 0.1) is 12.9 Å². The molecule has 0 saturated carbocycles. The molecule has 1 atom stereocenters. The summed E-state index contributed by atoms with van der Waals surface area (Å²) in [5, 5.41) is 3.38. The number of likely N-dealkylation sites (N-methyl/N-ethyl adjacent to an activating group) is 1. The lowest BCUT2D eigenvalue weighted by Gasteiger charge is -2.22. The fourth-order valence-corrected chi connectivity index (χ4v) is 2.86. The normalized spacial score (nSPS) is 18.5. The predicted octanol–water partition coefficient (Wildman–Crippen LogP) is 2.66. The van der Waals surface area contributed by atoms with E-state index in [1.165, 1.54) is 24.2 Å². The Morgan fingerprint density at radius 1 is 1.47 bits per heavy atom. The molecule has 0 aromatic carbocycles. The Bertz CT molecular complexity index is 204. The molecule has 88 valence electrons. The molecule has 1 N–H and O–H groups in total. The molecule has 0 fully saturated rings. The minimum atomic E-state index is 0.494. The molecule has 0 bridgehead atoms. The summed E-state index contributed by atoms with van der Waals surface area (Å²) in [4.78, 5) is 0. The molecule has 1 rings (SSSR count).